The van der Waals surface area contributed by atoms with Gasteiger partial charge in [0, 0.05) is 6.61 Å². The molecule has 1 heteroatoms. The van der Waals surface area contributed by atoms with Crippen molar-refractivity contribution in [2.75, 3.05) is 6.61 Å². The van der Waals surface area contributed by atoms with Gasteiger partial charge in [-0.25, -0.2) is 0 Å². The van der Waals surface area contributed by atoms with E-state index in [2.05, 4.69) is 0 Å². The standard InChI is InChI=1S/C6H10O/c1-2-7-6-3-5(1)4-6/h5-6H,1-4H2. The lowest BCUT2D eigenvalue weighted by Gasteiger charge is -2.40. The molecule has 1 nitrogen and oxygen atoms in total. The van der Waals surface area contributed by atoms with Crippen LogP contribution in [0.2, 0.25) is 0 Å². The third-order valence-electron chi connectivity index (χ3n) is 2.07. The molecule has 2 saturated heterocycles. The third kappa shape index (κ3) is 0.480. The number of hydrogen-bond acceptors (Lipinski definition) is 1. The first-order valence-electron chi connectivity index (χ1n) is 3.07. The molecule has 7 heavy (non-hydrogen) atoms. The summed E-state index contributed by atoms with van der Waals surface area (Å²) in [4.78, 5) is 0. The van der Waals surface area contributed by atoms with Crippen molar-refractivity contribution in [2.45, 2.75) is 25.4 Å². The fourth-order valence-electron chi connectivity index (χ4n) is 1.45. The van der Waals surface area contributed by atoms with Gasteiger partial charge in [0.2, 0.25) is 0 Å². The van der Waals surface area contributed by atoms with E-state index in [1.165, 1.54) is 19.3 Å². The van der Waals surface area contributed by atoms with E-state index in [0.29, 0.717) is 6.10 Å². The molecule has 0 aromatic heterocycles. The molecule has 1 aliphatic carbocycles. The van der Waals surface area contributed by atoms with Gasteiger partial charge in [-0.3, -0.25) is 0 Å². The minimum absolute atomic E-state index is 0.679. The Hall–Kier alpha value is -0.0400. The highest BCUT2D eigenvalue weighted by molar-refractivity contribution is 4.83. The molecule has 0 atom stereocenters. The van der Waals surface area contributed by atoms with Crippen molar-refractivity contribution >= 4 is 0 Å². The molecule has 0 unspecified atom stereocenters. The summed E-state index contributed by atoms with van der Waals surface area (Å²) in [7, 11) is 0. The smallest absolute Gasteiger partial charge is 0.0580 e. The summed E-state index contributed by atoms with van der Waals surface area (Å²) in [5, 5.41) is 0. The second-order valence-electron chi connectivity index (χ2n) is 2.62. The summed E-state index contributed by atoms with van der Waals surface area (Å²) in [6.07, 6.45) is 4.73. The van der Waals surface area contributed by atoms with Gasteiger partial charge in [-0.05, 0) is 25.2 Å². The summed E-state index contributed by atoms with van der Waals surface area (Å²) >= 11 is 0. The summed E-state index contributed by atoms with van der Waals surface area (Å²) in [5.74, 6) is 1.05. The van der Waals surface area contributed by atoms with E-state index >= 15 is 0 Å². The Labute approximate surface area is 43.7 Å². The fraction of sp³-hybridized carbons (Fsp3) is 1.00. The molecule has 0 spiro atoms. The Balaban J connectivity index is 1.99. The van der Waals surface area contributed by atoms with Crippen molar-refractivity contribution in [1.29, 1.82) is 0 Å². The van der Waals surface area contributed by atoms with Crippen LogP contribution in [0.1, 0.15) is 19.3 Å². The van der Waals surface area contributed by atoms with Crippen LogP contribution >= 0.6 is 0 Å². The van der Waals surface area contributed by atoms with Gasteiger partial charge in [0.1, 0.15) is 0 Å². The molecule has 0 amide bonds. The zero-order valence-corrected chi connectivity index (χ0v) is 4.39. The van der Waals surface area contributed by atoms with Crippen LogP contribution in [-0.4, -0.2) is 12.7 Å². The molecule has 2 bridgehead atoms. The predicted octanol–water partition coefficient (Wildman–Crippen LogP) is 1.19. The van der Waals surface area contributed by atoms with Gasteiger partial charge in [0.15, 0.2) is 0 Å². The SMILES string of the molecule is C1CC2CC(C2)O1. The van der Waals surface area contributed by atoms with E-state index in [-0.39, 0.29) is 0 Å². The van der Waals surface area contributed by atoms with Crippen LogP contribution in [0.15, 0.2) is 0 Å². The fourth-order valence-corrected chi connectivity index (χ4v) is 1.45. The molecular weight excluding hydrogens is 88.1 g/mol. The van der Waals surface area contributed by atoms with Crippen molar-refractivity contribution in [3.05, 3.63) is 0 Å². The quantitative estimate of drug-likeness (QED) is 0.442. The van der Waals surface area contributed by atoms with Gasteiger partial charge >= 0.3 is 0 Å². The summed E-state index contributed by atoms with van der Waals surface area (Å²) in [5.41, 5.74) is 0. The molecule has 2 heterocycles. The lowest BCUT2D eigenvalue weighted by Crippen LogP contribution is -2.37. The highest BCUT2D eigenvalue weighted by atomic mass is 16.5. The van der Waals surface area contributed by atoms with Crippen LogP contribution < -0.4 is 0 Å². The first-order chi connectivity index (χ1) is 3.45. The predicted molar refractivity (Wildman–Crippen MR) is 27.1 cm³/mol. The molecule has 0 N–H and O–H groups in total. The van der Waals surface area contributed by atoms with Crippen LogP contribution in [0.3, 0.4) is 0 Å². The first-order valence-corrected chi connectivity index (χ1v) is 3.07. The van der Waals surface area contributed by atoms with E-state index in [9.17, 15) is 0 Å². The molecule has 2 aliphatic heterocycles. The molecular formula is C6H10O. The van der Waals surface area contributed by atoms with E-state index in [0.717, 1.165) is 12.5 Å². The van der Waals surface area contributed by atoms with Gasteiger partial charge in [-0.15, -0.1) is 0 Å². The number of hydrogen-bond donors (Lipinski definition) is 0. The van der Waals surface area contributed by atoms with Crippen LogP contribution in [0, 0.1) is 5.92 Å². The zero-order chi connectivity index (χ0) is 4.69. The monoisotopic (exact) mass is 98.1 g/mol. The molecule has 3 aliphatic rings. The molecule has 40 valence electrons. The maximum Gasteiger partial charge on any atom is 0.0580 e. The van der Waals surface area contributed by atoms with Crippen molar-refractivity contribution in [1.82, 2.24) is 0 Å². The van der Waals surface area contributed by atoms with Crippen LogP contribution in [0.25, 0.3) is 0 Å². The maximum atomic E-state index is 5.34. The second kappa shape index (κ2) is 1.22. The topological polar surface area (TPSA) is 9.23 Å². The van der Waals surface area contributed by atoms with Crippen molar-refractivity contribution < 1.29 is 4.74 Å². The van der Waals surface area contributed by atoms with Gasteiger partial charge in [-0.2, -0.15) is 0 Å². The van der Waals surface area contributed by atoms with Crippen LogP contribution in [0.4, 0.5) is 0 Å². The third-order valence-corrected chi connectivity index (χ3v) is 2.07. The number of fused-ring (bicyclic) bond motifs is 2. The normalized spacial score (nSPS) is 48.0. The Morgan fingerprint density at radius 2 is 2.14 bits per heavy atom. The van der Waals surface area contributed by atoms with Crippen molar-refractivity contribution in [2.24, 2.45) is 5.92 Å². The minimum Gasteiger partial charge on any atom is -0.378 e. The van der Waals surface area contributed by atoms with Crippen molar-refractivity contribution in [3.8, 4) is 0 Å². The molecule has 3 rings (SSSR count). The Morgan fingerprint density at radius 3 is 2.29 bits per heavy atom. The lowest BCUT2D eigenvalue weighted by molar-refractivity contribution is -0.0887. The van der Waals surface area contributed by atoms with Crippen LogP contribution in [-0.2, 0) is 4.74 Å². The van der Waals surface area contributed by atoms with E-state index in [4.69, 9.17) is 4.74 Å². The zero-order valence-electron chi connectivity index (χ0n) is 4.39. The average molecular weight is 98.1 g/mol. The Morgan fingerprint density at radius 1 is 1.29 bits per heavy atom. The van der Waals surface area contributed by atoms with Gasteiger partial charge in [0.05, 0.1) is 6.10 Å². The molecule has 3 fully saturated rings. The highest BCUT2D eigenvalue weighted by Gasteiger charge is 2.33. The molecule has 1 saturated carbocycles. The van der Waals surface area contributed by atoms with Crippen LogP contribution in [0.5, 0.6) is 0 Å². The first kappa shape index (κ1) is 3.90. The summed E-state index contributed by atoms with van der Waals surface area (Å²) < 4.78 is 5.34. The molecule has 0 aromatic rings. The number of rotatable bonds is 0. The highest BCUT2D eigenvalue weighted by Crippen LogP contribution is 2.36. The van der Waals surface area contributed by atoms with Gasteiger partial charge in [-0.1, -0.05) is 0 Å². The summed E-state index contributed by atoms with van der Waals surface area (Å²) in [6.45, 7) is 1.04. The lowest BCUT2D eigenvalue weighted by atomic mass is 9.78. The maximum absolute atomic E-state index is 5.34. The Kier molecular flexibility index (Phi) is 0.680. The van der Waals surface area contributed by atoms with Gasteiger partial charge < -0.3 is 4.74 Å². The number of ether oxygens (including phenoxy) is 1. The van der Waals surface area contributed by atoms with Gasteiger partial charge in [0.25, 0.3) is 0 Å². The second-order valence-corrected chi connectivity index (χ2v) is 2.62. The van der Waals surface area contributed by atoms with Crippen molar-refractivity contribution in [3.63, 3.8) is 0 Å². The molecule has 0 radical (unpaired) electrons. The Bertz CT molecular complexity index is 60.7. The average Bonchev–Trinajstić information content (AvgIpc) is 1.67. The largest absolute Gasteiger partial charge is 0.378 e. The minimum atomic E-state index is 0.679. The summed E-state index contributed by atoms with van der Waals surface area (Å²) in [6, 6.07) is 0. The van der Waals surface area contributed by atoms with E-state index in [1.807, 2.05) is 0 Å². The van der Waals surface area contributed by atoms with E-state index < -0.39 is 0 Å². The molecule has 0 aromatic carbocycles. The van der Waals surface area contributed by atoms with E-state index in [1.54, 1.807) is 0 Å².